The van der Waals surface area contributed by atoms with Gasteiger partial charge in [-0.15, -0.1) is 12.4 Å². The maximum absolute atomic E-state index is 12.1. The van der Waals surface area contributed by atoms with Crippen molar-refractivity contribution >= 4 is 29.9 Å². The average Bonchev–Trinajstić information content (AvgIpc) is 2.82. The normalized spacial score (nSPS) is 21.0. The van der Waals surface area contributed by atoms with Gasteiger partial charge in [-0.2, -0.15) is 0 Å². The second-order valence-corrected chi connectivity index (χ2v) is 5.72. The average molecular weight is 333 g/mol. The minimum absolute atomic E-state index is 0. The van der Waals surface area contributed by atoms with Crippen LogP contribution in [0.4, 0.5) is 0 Å². The molecule has 0 bridgehead atoms. The zero-order valence-electron chi connectivity index (χ0n) is 12.1. The highest BCUT2D eigenvalue weighted by Gasteiger charge is 2.31. The summed E-state index contributed by atoms with van der Waals surface area (Å²) < 4.78 is 5.55. The fraction of sp³-hybridized carbons (Fsp3) is 0.533. The third-order valence-corrected chi connectivity index (χ3v) is 3.97. The topological polar surface area (TPSA) is 55.6 Å². The van der Waals surface area contributed by atoms with E-state index in [0.29, 0.717) is 30.5 Å². The van der Waals surface area contributed by atoms with Crippen LogP contribution in [0.5, 0.6) is 5.75 Å². The molecule has 6 heteroatoms. The van der Waals surface area contributed by atoms with Crippen molar-refractivity contribution in [1.82, 2.24) is 4.90 Å². The van der Waals surface area contributed by atoms with Gasteiger partial charge in [-0.1, -0.05) is 11.6 Å². The van der Waals surface area contributed by atoms with Gasteiger partial charge in [0.05, 0.1) is 13.0 Å². The van der Waals surface area contributed by atoms with E-state index >= 15 is 0 Å². The molecule has 1 aliphatic rings. The lowest BCUT2D eigenvalue weighted by Crippen LogP contribution is -2.35. The third kappa shape index (κ3) is 5.06. The zero-order chi connectivity index (χ0) is 14.5. The maximum atomic E-state index is 12.1. The van der Waals surface area contributed by atoms with Crippen molar-refractivity contribution in [1.29, 1.82) is 0 Å². The molecule has 4 nitrogen and oxygen atoms in total. The Hall–Kier alpha value is -0.970. The lowest BCUT2D eigenvalue weighted by molar-refractivity contribution is -0.132. The number of amides is 1. The molecule has 21 heavy (non-hydrogen) atoms. The van der Waals surface area contributed by atoms with E-state index in [4.69, 9.17) is 22.1 Å². The van der Waals surface area contributed by atoms with Gasteiger partial charge in [0, 0.05) is 17.6 Å². The van der Waals surface area contributed by atoms with Crippen LogP contribution in [0.2, 0.25) is 5.02 Å². The number of carbonyl (C=O) groups is 1. The monoisotopic (exact) mass is 332 g/mol. The van der Waals surface area contributed by atoms with Crippen LogP contribution >= 0.6 is 24.0 Å². The molecule has 1 aromatic carbocycles. The first-order chi connectivity index (χ1) is 9.60. The largest absolute Gasteiger partial charge is 0.493 e. The Bertz CT molecular complexity index is 453. The highest BCUT2D eigenvalue weighted by molar-refractivity contribution is 6.30. The molecule has 2 atom stereocenters. The number of hydrogen-bond donors (Lipinski definition) is 1. The van der Waals surface area contributed by atoms with Crippen molar-refractivity contribution in [3.63, 3.8) is 0 Å². The lowest BCUT2D eigenvalue weighted by Gasteiger charge is -2.21. The van der Waals surface area contributed by atoms with Crippen molar-refractivity contribution in [2.75, 3.05) is 19.7 Å². The molecule has 1 amide bonds. The van der Waals surface area contributed by atoms with Crippen LogP contribution in [0.15, 0.2) is 24.3 Å². The van der Waals surface area contributed by atoms with Crippen molar-refractivity contribution in [2.24, 2.45) is 11.7 Å². The van der Waals surface area contributed by atoms with Crippen molar-refractivity contribution < 1.29 is 9.53 Å². The molecule has 2 N–H and O–H groups in total. The Labute approximate surface area is 137 Å². The number of carbonyl (C=O) groups excluding carboxylic acids is 1. The third-order valence-electron chi connectivity index (χ3n) is 3.71. The van der Waals surface area contributed by atoms with Crippen molar-refractivity contribution in [3.8, 4) is 5.75 Å². The number of hydrogen-bond acceptors (Lipinski definition) is 3. The Kier molecular flexibility index (Phi) is 7.29. The molecule has 1 aliphatic heterocycles. The maximum Gasteiger partial charge on any atom is 0.226 e. The van der Waals surface area contributed by atoms with Crippen LogP contribution in [-0.4, -0.2) is 36.5 Å². The number of rotatable bonds is 5. The Morgan fingerprint density at radius 1 is 1.43 bits per heavy atom. The van der Waals surface area contributed by atoms with Crippen LogP contribution in [0, 0.1) is 5.92 Å². The number of nitrogens with zero attached hydrogens (tertiary/aromatic N) is 1. The SMILES string of the molecule is CC1CC(CN)CN1C(=O)CCOc1ccc(Cl)cc1.Cl. The lowest BCUT2D eigenvalue weighted by atomic mass is 10.1. The van der Waals surface area contributed by atoms with Gasteiger partial charge in [-0.05, 0) is 50.1 Å². The molecule has 2 rings (SSSR count). The van der Waals surface area contributed by atoms with Gasteiger partial charge in [-0.3, -0.25) is 4.79 Å². The van der Waals surface area contributed by atoms with E-state index in [-0.39, 0.29) is 24.4 Å². The fourth-order valence-electron chi connectivity index (χ4n) is 2.59. The van der Waals surface area contributed by atoms with Gasteiger partial charge >= 0.3 is 0 Å². The summed E-state index contributed by atoms with van der Waals surface area (Å²) >= 11 is 5.80. The first-order valence-electron chi connectivity index (χ1n) is 6.98. The van der Waals surface area contributed by atoms with E-state index in [0.717, 1.165) is 18.7 Å². The fourth-order valence-corrected chi connectivity index (χ4v) is 2.72. The Morgan fingerprint density at radius 3 is 2.67 bits per heavy atom. The van der Waals surface area contributed by atoms with Gasteiger partial charge in [0.1, 0.15) is 5.75 Å². The molecule has 0 radical (unpaired) electrons. The summed E-state index contributed by atoms with van der Waals surface area (Å²) in [7, 11) is 0. The number of likely N-dealkylation sites (tertiary alicyclic amines) is 1. The minimum Gasteiger partial charge on any atom is -0.493 e. The standard InChI is InChI=1S/C15H21ClN2O2.ClH/c1-11-8-12(9-17)10-18(11)15(19)6-7-20-14-4-2-13(16)3-5-14;/h2-5,11-12H,6-10,17H2,1H3;1H. The molecule has 0 aromatic heterocycles. The molecule has 1 fully saturated rings. The quantitative estimate of drug-likeness (QED) is 0.901. The van der Waals surface area contributed by atoms with Gasteiger partial charge in [0.15, 0.2) is 0 Å². The second-order valence-electron chi connectivity index (χ2n) is 5.28. The Balaban J connectivity index is 0.00000220. The first kappa shape index (κ1) is 18.1. The number of halogens is 2. The predicted octanol–water partition coefficient (Wildman–Crippen LogP) is 2.73. The van der Waals surface area contributed by atoms with E-state index in [1.54, 1.807) is 24.3 Å². The van der Waals surface area contributed by atoms with Crippen LogP contribution in [0.1, 0.15) is 19.8 Å². The van der Waals surface area contributed by atoms with Crippen molar-refractivity contribution in [2.45, 2.75) is 25.8 Å². The van der Waals surface area contributed by atoms with Gasteiger partial charge < -0.3 is 15.4 Å². The number of benzene rings is 1. The van der Waals surface area contributed by atoms with E-state index in [1.807, 2.05) is 4.90 Å². The van der Waals surface area contributed by atoms with E-state index in [9.17, 15) is 4.79 Å². The molecule has 2 unspecified atom stereocenters. The summed E-state index contributed by atoms with van der Waals surface area (Å²) in [5.41, 5.74) is 5.67. The van der Waals surface area contributed by atoms with Crippen LogP contribution in [0.3, 0.4) is 0 Å². The van der Waals surface area contributed by atoms with Crippen LogP contribution in [-0.2, 0) is 4.79 Å². The van der Waals surface area contributed by atoms with Gasteiger partial charge in [0.2, 0.25) is 5.91 Å². The molecule has 1 saturated heterocycles. The van der Waals surface area contributed by atoms with E-state index in [2.05, 4.69) is 6.92 Å². The van der Waals surface area contributed by atoms with Gasteiger partial charge in [-0.25, -0.2) is 0 Å². The van der Waals surface area contributed by atoms with Crippen LogP contribution < -0.4 is 10.5 Å². The minimum atomic E-state index is 0. The summed E-state index contributed by atoms with van der Waals surface area (Å²) in [4.78, 5) is 14.1. The summed E-state index contributed by atoms with van der Waals surface area (Å²) in [6.07, 6.45) is 1.39. The smallest absolute Gasteiger partial charge is 0.226 e. The summed E-state index contributed by atoms with van der Waals surface area (Å²) in [5.74, 6) is 1.31. The van der Waals surface area contributed by atoms with Crippen LogP contribution in [0.25, 0.3) is 0 Å². The molecule has 0 saturated carbocycles. The molecule has 1 aromatic rings. The summed E-state index contributed by atoms with van der Waals surface area (Å²) in [6, 6.07) is 7.43. The number of ether oxygens (including phenoxy) is 1. The molecular weight excluding hydrogens is 311 g/mol. The highest BCUT2D eigenvalue weighted by Crippen LogP contribution is 2.23. The van der Waals surface area contributed by atoms with E-state index in [1.165, 1.54) is 0 Å². The summed E-state index contributed by atoms with van der Waals surface area (Å²) in [6.45, 7) is 3.89. The van der Waals surface area contributed by atoms with Crippen molar-refractivity contribution in [3.05, 3.63) is 29.3 Å². The molecule has 118 valence electrons. The van der Waals surface area contributed by atoms with Gasteiger partial charge in [0.25, 0.3) is 0 Å². The molecule has 0 aliphatic carbocycles. The molecule has 0 spiro atoms. The zero-order valence-corrected chi connectivity index (χ0v) is 13.7. The predicted molar refractivity (Wildman–Crippen MR) is 87.1 cm³/mol. The van der Waals surface area contributed by atoms with E-state index < -0.39 is 0 Å². The first-order valence-corrected chi connectivity index (χ1v) is 7.36. The number of nitrogens with two attached hydrogens (primary N) is 1. The highest BCUT2D eigenvalue weighted by atomic mass is 35.5. The Morgan fingerprint density at radius 2 is 2.10 bits per heavy atom. The molecular formula is C15H22Cl2N2O2. The summed E-state index contributed by atoms with van der Waals surface area (Å²) in [5, 5.41) is 0.673. The second kappa shape index (κ2) is 8.47. The molecule has 1 heterocycles.